The van der Waals surface area contributed by atoms with E-state index < -0.39 is 60.2 Å². The number of rotatable bonds is 15. The zero-order valence-corrected chi connectivity index (χ0v) is 22.9. The molecule has 2 aromatic carbocycles. The van der Waals surface area contributed by atoms with Gasteiger partial charge in [-0.3, -0.25) is 19.2 Å². The monoisotopic (exact) mass is 595 g/mol. The fourth-order valence-corrected chi connectivity index (χ4v) is 4.11. The third-order valence-corrected chi connectivity index (χ3v) is 6.37. The molecular formula is C28H33N7O8. The van der Waals surface area contributed by atoms with Gasteiger partial charge >= 0.3 is 5.97 Å². The number of phenolic OH excluding ortho intramolecular Hbond substituents is 2. The maximum atomic E-state index is 13.6. The SMILES string of the molecule is NC(=O)CC(NC(=O)C(Cc1cnc[nH]1)NC(=O)C(Cc1ccc(O)cc1)NC(=O)C(N)Cc1ccc(O)cc1)C(=O)O. The van der Waals surface area contributed by atoms with E-state index in [9.17, 15) is 39.3 Å². The topological polar surface area (TPSA) is 263 Å². The van der Waals surface area contributed by atoms with Crippen molar-refractivity contribution < 1.29 is 39.3 Å². The third-order valence-electron chi connectivity index (χ3n) is 6.37. The highest BCUT2D eigenvalue weighted by atomic mass is 16.4. The van der Waals surface area contributed by atoms with Crippen molar-refractivity contribution in [2.75, 3.05) is 0 Å². The molecule has 43 heavy (non-hydrogen) atoms. The molecule has 15 heteroatoms. The number of nitrogens with zero attached hydrogens (tertiary/aromatic N) is 1. The summed E-state index contributed by atoms with van der Waals surface area (Å²) in [5, 5.41) is 35.9. The molecule has 3 aromatic rings. The molecule has 0 saturated carbocycles. The molecule has 0 aliphatic carbocycles. The van der Waals surface area contributed by atoms with E-state index >= 15 is 0 Å². The number of nitrogens with one attached hydrogen (secondary N) is 4. The van der Waals surface area contributed by atoms with Crippen LogP contribution in [0.15, 0.2) is 61.1 Å². The van der Waals surface area contributed by atoms with Crippen LogP contribution < -0.4 is 27.4 Å². The molecular weight excluding hydrogens is 562 g/mol. The minimum absolute atomic E-state index is 0.00931. The summed E-state index contributed by atoms with van der Waals surface area (Å²) in [5.74, 6) is -4.81. The Morgan fingerprint density at radius 2 is 1.23 bits per heavy atom. The van der Waals surface area contributed by atoms with Crippen molar-refractivity contribution in [1.82, 2.24) is 25.9 Å². The molecule has 0 bridgehead atoms. The number of carboxylic acids is 1. The smallest absolute Gasteiger partial charge is 0.326 e. The number of primary amides is 1. The van der Waals surface area contributed by atoms with Crippen LogP contribution in [0.4, 0.5) is 0 Å². The lowest BCUT2D eigenvalue weighted by Crippen LogP contribution is -2.58. The molecule has 0 saturated heterocycles. The summed E-state index contributed by atoms with van der Waals surface area (Å²) in [6, 6.07) is 6.69. The van der Waals surface area contributed by atoms with E-state index in [0.29, 0.717) is 16.8 Å². The van der Waals surface area contributed by atoms with Crippen LogP contribution in [0.3, 0.4) is 0 Å². The van der Waals surface area contributed by atoms with Gasteiger partial charge in [-0.05, 0) is 41.8 Å². The van der Waals surface area contributed by atoms with E-state index in [-0.39, 0.29) is 30.8 Å². The number of benzene rings is 2. The lowest BCUT2D eigenvalue weighted by molar-refractivity contribution is -0.143. The highest BCUT2D eigenvalue weighted by Gasteiger charge is 2.31. The largest absolute Gasteiger partial charge is 0.508 e. The van der Waals surface area contributed by atoms with Crippen LogP contribution in [0.5, 0.6) is 11.5 Å². The molecule has 0 spiro atoms. The van der Waals surface area contributed by atoms with Crippen molar-refractivity contribution in [2.45, 2.75) is 49.9 Å². The van der Waals surface area contributed by atoms with Crippen molar-refractivity contribution >= 4 is 29.6 Å². The minimum atomic E-state index is -1.64. The Labute approximate surface area is 245 Å². The van der Waals surface area contributed by atoms with Crippen LogP contribution in [0.2, 0.25) is 0 Å². The fourth-order valence-electron chi connectivity index (χ4n) is 4.11. The van der Waals surface area contributed by atoms with Gasteiger partial charge < -0.3 is 47.7 Å². The van der Waals surface area contributed by atoms with Crippen molar-refractivity contribution in [3.63, 3.8) is 0 Å². The van der Waals surface area contributed by atoms with Crippen LogP contribution in [0.25, 0.3) is 0 Å². The normalized spacial score (nSPS) is 13.6. The highest BCUT2D eigenvalue weighted by molar-refractivity contribution is 5.95. The third kappa shape index (κ3) is 10.2. The number of hydrogen-bond donors (Lipinski definition) is 9. The van der Waals surface area contributed by atoms with E-state index in [2.05, 4.69) is 25.9 Å². The molecule has 11 N–H and O–H groups in total. The van der Waals surface area contributed by atoms with Crippen LogP contribution >= 0.6 is 0 Å². The molecule has 0 fully saturated rings. The van der Waals surface area contributed by atoms with Crippen molar-refractivity contribution in [3.05, 3.63) is 77.9 Å². The number of nitrogens with two attached hydrogens (primary N) is 2. The van der Waals surface area contributed by atoms with Gasteiger partial charge in [0.15, 0.2) is 0 Å². The molecule has 0 aliphatic heterocycles. The summed E-state index contributed by atoms with van der Waals surface area (Å²) < 4.78 is 0. The number of phenols is 2. The second-order valence-electron chi connectivity index (χ2n) is 9.82. The molecule has 3 rings (SSSR count). The van der Waals surface area contributed by atoms with Gasteiger partial charge in [0.2, 0.25) is 23.6 Å². The van der Waals surface area contributed by atoms with Gasteiger partial charge in [-0.25, -0.2) is 9.78 Å². The second-order valence-corrected chi connectivity index (χ2v) is 9.82. The number of imidazole rings is 1. The Hall–Kier alpha value is -5.44. The first-order valence-corrected chi connectivity index (χ1v) is 13.1. The van der Waals surface area contributed by atoms with Gasteiger partial charge in [-0.1, -0.05) is 24.3 Å². The maximum absolute atomic E-state index is 13.6. The van der Waals surface area contributed by atoms with Crippen LogP contribution in [0, 0.1) is 0 Å². The predicted molar refractivity (Wildman–Crippen MR) is 151 cm³/mol. The number of aromatic nitrogens is 2. The Morgan fingerprint density at radius 3 is 1.72 bits per heavy atom. The number of carboxylic acid groups (broad SMARTS) is 1. The number of aromatic hydroxyl groups is 2. The molecule has 228 valence electrons. The molecule has 1 heterocycles. The summed E-state index contributed by atoms with van der Waals surface area (Å²) in [5.41, 5.74) is 12.9. The highest BCUT2D eigenvalue weighted by Crippen LogP contribution is 2.13. The number of hydrogen-bond acceptors (Lipinski definition) is 9. The van der Waals surface area contributed by atoms with Crippen LogP contribution in [-0.4, -0.2) is 79.1 Å². The quantitative estimate of drug-likeness (QED) is 0.0991. The van der Waals surface area contributed by atoms with Crippen molar-refractivity contribution in [3.8, 4) is 11.5 Å². The first-order valence-electron chi connectivity index (χ1n) is 13.1. The van der Waals surface area contributed by atoms with Gasteiger partial charge in [0.1, 0.15) is 29.6 Å². The molecule has 1 aromatic heterocycles. The Balaban J connectivity index is 1.82. The van der Waals surface area contributed by atoms with Crippen molar-refractivity contribution in [2.24, 2.45) is 11.5 Å². The Kier molecular flexibility index (Phi) is 11.2. The first kappa shape index (κ1) is 32.1. The second kappa shape index (κ2) is 15.0. The van der Waals surface area contributed by atoms with Gasteiger partial charge in [-0.15, -0.1) is 0 Å². The number of H-pyrrole nitrogens is 1. The number of carbonyl (C=O) groups excluding carboxylic acids is 4. The standard InChI is InChI=1S/C28H33N7O8/c29-20(9-15-1-5-18(36)6-2-15)25(39)33-21(10-16-3-7-19(37)8-4-16)26(40)34-22(11-17-13-31-14-32-17)27(41)35-23(28(42)43)12-24(30)38/h1-8,13-14,20-23,36-37H,9-12,29H2,(H2,30,38)(H,31,32)(H,33,39)(H,34,40)(H,35,41)(H,42,43). The lowest BCUT2D eigenvalue weighted by atomic mass is 10.0. The average Bonchev–Trinajstić information content (AvgIpc) is 3.47. The summed E-state index contributed by atoms with van der Waals surface area (Å²) >= 11 is 0. The van der Waals surface area contributed by atoms with E-state index in [1.165, 1.54) is 36.8 Å². The average molecular weight is 596 g/mol. The summed E-state index contributed by atoms with van der Waals surface area (Å²) in [6.45, 7) is 0. The van der Waals surface area contributed by atoms with Gasteiger partial charge in [0.05, 0.1) is 18.8 Å². The van der Waals surface area contributed by atoms with E-state index in [4.69, 9.17) is 11.5 Å². The fraction of sp³-hybridized carbons (Fsp3) is 0.286. The van der Waals surface area contributed by atoms with E-state index in [1.807, 2.05) is 0 Å². The van der Waals surface area contributed by atoms with Crippen LogP contribution in [0.1, 0.15) is 23.2 Å². The molecule has 4 atom stereocenters. The minimum Gasteiger partial charge on any atom is -0.508 e. The number of carbonyl (C=O) groups is 5. The van der Waals surface area contributed by atoms with Crippen LogP contribution in [-0.2, 0) is 43.2 Å². The maximum Gasteiger partial charge on any atom is 0.326 e. The van der Waals surface area contributed by atoms with Gasteiger partial charge in [-0.2, -0.15) is 0 Å². The molecule has 0 aliphatic rings. The summed E-state index contributed by atoms with van der Waals surface area (Å²) in [4.78, 5) is 69.4. The predicted octanol–water partition coefficient (Wildman–Crippen LogP) is -1.41. The zero-order chi connectivity index (χ0) is 31.5. The Morgan fingerprint density at radius 1 is 0.744 bits per heavy atom. The molecule has 4 amide bonds. The Bertz CT molecular complexity index is 1410. The lowest BCUT2D eigenvalue weighted by Gasteiger charge is -2.25. The van der Waals surface area contributed by atoms with Crippen molar-refractivity contribution in [1.29, 1.82) is 0 Å². The number of aromatic amines is 1. The van der Waals surface area contributed by atoms with E-state index in [1.54, 1.807) is 24.3 Å². The summed E-state index contributed by atoms with van der Waals surface area (Å²) in [7, 11) is 0. The zero-order valence-electron chi connectivity index (χ0n) is 22.9. The number of amides is 4. The van der Waals surface area contributed by atoms with Gasteiger partial charge in [0.25, 0.3) is 0 Å². The first-order chi connectivity index (χ1) is 20.4. The molecule has 15 nitrogen and oxygen atoms in total. The summed E-state index contributed by atoms with van der Waals surface area (Å²) in [6.07, 6.45) is 1.98. The van der Waals surface area contributed by atoms with Gasteiger partial charge in [0, 0.05) is 24.7 Å². The number of aliphatic carboxylic acids is 1. The molecule has 0 radical (unpaired) electrons. The molecule has 4 unspecified atom stereocenters. The van der Waals surface area contributed by atoms with E-state index in [0.717, 1.165) is 0 Å².